The zero-order valence-corrected chi connectivity index (χ0v) is 22.2. The van der Waals surface area contributed by atoms with Crippen LogP contribution in [-0.4, -0.2) is 52.7 Å². The molecule has 1 N–H and O–H groups in total. The fraction of sp³-hybridized carbons (Fsp3) is 0.593. The number of ether oxygens (including phenoxy) is 1. The van der Waals surface area contributed by atoms with E-state index < -0.39 is 35.2 Å². The number of nitrogens with one attached hydrogen (secondary N) is 1. The van der Waals surface area contributed by atoms with E-state index in [1.165, 1.54) is 29.4 Å². The highest BCUT2D eigenvalue weighted by atomic mass is 19.4. The molecule has 216 valence electrons. The Kier molecular flexibility index (Phi) is 9.84. The van der Waals surface area contributed by atoms with Crippen molar-refractivity contribution in [2.24, 2.45) is 0 Å². The molecular formula is C27H34F6N4O2. The zero-order valence-electron chi connectivity index (χ0n) is 22.2. The summed E-state index contributed by atoms with van der Waals surface area (Å²) in [7, 11) is 0. The van der Waals surface area contributed by atoms with Gasteiger partial charge in [-0.15, -0.1) is 0 Å². The standard InChI is InChI=1S/C16H21F3N2O2.C11H13F3N2/c1-15(2,3)23-14(22)21-9-6-11(7-10-21)13-12(16(17,18)19)5-4-8-20-13;12-11(13,14)9-2-1-5-16-10(9)8-3-6-15-7-4-8/h4-5,8,11H,6-7,9-10H2,1-3H3;1-2,5,8,15H,3-4,6-7H2. The number of amides is 1. The molecule has 0 unspecified atom stereocenters. The van der Waals surface area contributed by atoms with Gasteiger partial charge in [0.25, 0.3) is 0 Å². The van der Waals surface area contributed by atoms with Crippen LogP contribution in [0, 0.1) is 0 Å². The number of halogens is 6. The Labute approximate surface area is 224 Å². The number of rotatable bonds is 2. The van der Waals surface area contributed by atoms with Gasteiger partial charge < -0.3 is 15.0 Å². The number of carbonyl (C=O) groups excluding carboxylic acids is 1. The number of piperidine rings is 2. The van der Waals surface area contributed by atoms with Gasteiger partial charge in [0.1, 0.15) is 5.60 Å². The number of hydrogen-bond donors (Lipinski definition) is 1. The third-order valence-corrected chi connectivity index (χ3v) is 6.55. The summed E-state index contributed by atoms with van der Waals surface area (Å²) in [6.07, 6.45) is -3.98. The lowest BCUT2D eigenvalue weighted by Crippen LogP contribution is -2.41. The van der Waals surface area contributed by atoms with E-state index >= 15 is 0 Å². The lowest BCUT2D eigenvalue weighted by molar-refractivity contribution is -0.139. The number of likely N-dealkylation sites (tertiary alicyclic amines) is 1. The van der Waals surface area contributed by atoms with Crippen LogP contribution in [0.5, 0.6) is 0 Å². The molecule has 39 heavy (non-hydrogen) atoms. The molecule has 0 atom stereocenters. The van der Waals surface area contributed by atoms with Crippen molar-refractivity contribution in [2.75, 3.05) is 26.2 Å². The first-order valence-corrected chi connectivity index (χ1v) is 12.9. The zero-order chi connectivity index (χ0) is 28.8. The van der Waals surface area contributed by atoms with Crippen LogP contribution in [0.3, 0.4) is 0 Å². The summed E-state index contributed by atoms with van der Waals surface area (Å²) < 4.78 is 82.7. The molecule has 2 aromatic rings. The first kappa shape index (κ1) is 30.6. The van der Waals surface area contributed by atoms with Gasteiger partial charge in [0.2, 0.25) is 0 Å². The Morgan fingerprint density at radius 2 is 1.26 bits per heavy atom. The van der Waals surface area contributed by atoms with Crippen molar-refractivity contribution in [1.29, 1.82) is 0 Å². The van der Waals surface area contributed by atoms with Gasteiger partial charge in [0.15, 0.2) is 0 Å². The molecule has 0 aliphatic carbocycles. The molecule has 2 aromatic heterocycles. The quantitative estimate of drug-likeness (QED) is 0.410. The molecular weight excluding hydrogens is 526 g/mol. The second-order valence-corrected chi connectivity index (χ2v) is 10.6. The van der Waals surface area contributed by atoms with E-state index in [-0.39, 0.29) is 23.2 Å². The van der Waals surface area contributed by atoms with Crippen LogP contribution in [0.1, 0.15) is 80.8 Å². The lowest BCUT2D eigenvalue weighted by atomic mass is 9.90. The predicted molar refractivity (Wildman–Crippen MR) is 133 cm³/mol. The summed E-state index contributed by atoms with van der Waals surface area (Å²) in [6, 6.07) is 4.81. The van der Waals surface area contributed by atoms with Crippen molar-refractivity contribution in [1.82, 2.24) is 20.2 Å². The van der Waals surface area contributed by atoms with Gasteiger partial charge in [0.05, 0.1) is 22.5 Å². The minimum atomic E-state index is -4.41. The Bertz CT molecular complexity index is 1090. The minimum Gasteiger partial charge on any atom is -0.444 e. The Balaban J connectivity index is 0.000000230. The van der Waals surface area contributed by atoms with Crippen molar-refractivity contribution < 1.29 is 35.9 Å². The molecule has 12 heteroatoms. The fourth-order valence-corrected chi connectivity index (χ4v) is 4.72. The molecule has 2 fully saturated rings. The van der Waals surface area contributed by atoms with Gasteiger partial charge in [-0.3, -0.25) is 9.97 Å². The average Bonchev–Trinajstić information content (AvgIpc) is 2.88. The van der Waals surface area contributed by atoms with Crippen molar-refractivity contribution >= 4 is 6.09 Å². The number of carbonyl (C=O) groups is 1. The first-order valence-electron chi connectivity index (χ1n) is 12.9. The molecule has 2 aliphatic rings. The maximum atomic E-state index is 13.1. The molecule has 2 aliphatic heterocycles. The topological polar surface area (TPSA) is 67.3 Å². The molecule has 4 heterocycles. The van der Waals surface area contributed by atoms with Crippen LogP contribution < -0.4 is 5.32 Å². The van der Waals surface area contributed by atoms with Crippen molar-refractivity contribution in [2.45, 2.75) is 76.2 Å². The van der Waals surface area contributed by atoms with Gasteiger partial charge in [-0.05, 0) is 83.8 Å². The molecule has 1 amide bonds. The summed E-state index contributed by atoms with van der Waals surface area (Å²) in [6.45, 7) is 7.60. The Morgan fingerprint density at radius 3 is 1.67 bits per heavy atom. The highest BCUT2D eigenvalue weighted by Gasteiger charge is 2.38. The largest absolute Gasteiger partial charge is 0.444 e. The number of nitrogens with zero attached hydrogens (tertiary/aromatic N) is 3. The lowest BCUT2D eigenvalue weighted by Gasteiger charge is -2.33. The molecule has 4 rings (SSSR count). The number of pyridine rings is 2. The van der Waals surface area contributed by atoms with Gasteiger partial charge >= 0.3 is 18.4 Å². The van der Waals surface area contributed by atoms with Crippen LogP contribution in [0.25, 0.3) is 0 Å². The van der Waals surface area contributed by atoms with Crippen LogP contribution in [0.4, 0.5) is 31.1 Å². The third kappa shape index (κ3) is 8.81. The predicted octanol–water partition coefficient (Wildman–Crippen LogP) is 6.78. The summed E-state index contributed by atoms with van der Waals surface area (Å²) in [5.41, 5.74) is -1.57. The summed E-state index contributed by atoms with van der Waals surface area (Å²) in [4.78, 5) is 21.4. The van der Waals surface area contributed by atoms with Crippen LogP contribution in [-0.2, 0) is 17.1 Å². The highest BCUT2D eigenvalue weighted by molar-refractivity contribution is 5.68. The number of aromatic nitrogens is 2. The normalized spacial score (nSPS) is 17.8. The van der Waals surface area contributed by atoms with Crippen LogP contribution in [0.15, 0.2) is 36.7 Å². The molecule has 0 aromatic carbocycles. The van der Waals surface area contributed by atoms with Gasteiger partial charge in [-0.1, -0.05) is 0 Å². The molecule has 0 spiro atoms. The van der Waals surface area contributed by atoms with Gasteiger partial charge in [0, 0.05) is 37.3 Å². The smallest absolute Gasteiger partial charge is 0.418 e. The Morgan fingerprint density at radius 1 is 0.821 bits per heavy atom. The maximum absolute atomic E-state index is 13.1. The van der Waals surface area contributed by atoms with Crippen molar-refractivity contribution in [3.05, 3.63) is 59.2 Å². The van der Waals surface area contributed by atoms with Crippen molar-refractivity contribution in [3.8, 4) is 0 Å². The second-order valence-electron chi connectivity index (χ2n) is 10.6. The first-order chi connectivity index (χ1) is 18.2. The molecule has 0 bridgehead atoms. The van der Waals surface area contributed by atoms with Crippen LogP contribution >= 0.6 is 0 Å². The summed E-state index contributed by atoms with van der Waals surface area (Å²) in [5.74, 6) is -0.370. The van der Waals surface area contributed by atoms with Crippen molar-refractivity contribution in [3.63, 3.8) is 0 Å². The summed E-state index contributed by atoms with van der Waals surface area (Å²) in [5, 5.41) is 3.13. The van der Waals surface area contributed by atoms with E-state index in [9.17, 15) is 31.1 Å². The second kappa shape index (κ2) is 12.5. The summed E-state index contributed by atoms with van der Waals surface area (Å²) >= 11 is 0. The molecule has 6 nitrogen and oxygen atoms in total. The van der Waals surface area contributed by atoms with Crippen LogP contribution in [0.2, 0.25) is 0 Å². The molecule has 2 saturated heterocycles. The number of alkyl halides is 6. The van der Waals surface area contributed by atoms with Gasteiger partial charge in [-0.2, -0.15) is 26.3 Å². The van der Waals surface area contributed by atoms with E-state index in [1.807, 2.05) is 0 Å². The highest BCUT2D eigenvalue weighted by Crippen LogP contribution is 2.38. The van der Waals surface area contributed by atoms with E-state index in [4.69, 9.17) is 4.74 Å². The van der Waals surface area contributed by atoms with E-state index in [0.29, 0.717) is 25.9 Å². The maximum Gasteiger partial charge on any atom is 0.418 e. The average molecular weight is 561 g/mol. The number of hydrogen-bond acceptors (Lipinski definition) is 5. The van der Waals surface area contributed by atoms with E-state index in [2.05, 4.69) is 15.3 Å². The Hall–Kier alpha value is -2.89. The minimum absolute atomic E-state index is 0.0703. The molecule has 0 radical (unpaired) electrons. The van der Waals surface area contributed by atoms with E-state index in [1.54, 1.807) is 20.8 Å². The SMILES string of the molecule is CC(C)(C)OC(=O)N1CCC(c2ncccc2C(F)(F)F)CC1.FC(F)(F)c1cccnc1C1CCNCC1. The third-order valence-electron chi connectivity index (χ3n) is 6.55. The fourth-order valence-electron chi connectivity index (χ4n) is 4.72. The molecule has 0 saturated carbocycles. The van der Waals surface area contributed by atoms with E-state index in [0.717, 1.165) is 38.1 Å². The monoisotopic (exact) mass is 560 g/mol. The van der Waals surface area contributed by atoms with Gasteiger partial charge in [-0.25, -0.2) is 4.79 Å².